The van der Waals surface area contributed by atoms with E-state index in [0.29, 0.717) is 37.6 Å². The van der Waals surface area contributed by atoms with Gasteiger partial charge in [0.05, 0.1) is 5.56 Å². The van der Waals surface area contributed by atoms with Gasteiger partial charge in [0.2, 0.25) is 11.0 Å². The van der Waals surface area contributed by atoms with Gasteiger partial charge >= 0.3 is 0 Å². The molecule has 0 saturated carbocycles. The van der Waals surface area contributed by atoms with Crippen LogP contribution in [0.1, 0.15) is 17.0 Å². The van der Waals surface area contributed by atoms with E-state index in [1.807, 2.05) is 0 Å². The summed E-state index contributed by atoms with van der Waals surface area (Å²) < 4.78 is 38.0. The molecule has 0 spiro atoms. The number of anilines is 1. The van der Waals surface area contributed by atoms with Crippen LogP contribution in [0, 0.1) is 20.8 Å². The smallest absolute Gasteiger partial charge is 0.276 e. The molecule has 3 aromatic rings. The Balaban J connectivity index is 1.49. The Bertz CT molecular complexity index is 1090. The lowest BCUT2D eigenvalue weighted by Gasteiger charge is -2.35. The number of sulfonamides is 1. The van der Waals surface area contributed by atoms with E-state index in [2.05, 4.69) is 47.1 Å². The monoisotopic (exact) mass is 402 g/mol. The second kappa shape index (κ2) is 7.06. The lowest BCUT2D eigenvalue weighted by molar-refractivity contribution is 0.361. The molecule has 4 rings (SSSR count). The van der Waals surface area contributed by atoms with Crippen LogP contribution in [0.25, 0.3) is 11.5 Å². The van der Waals surface area contributed by atoms with E-state index in [1.54, 1.807) is 6.92 Å². The fourth-order valence-electron chi connectivity index (χ4n) is 3.33. The van der Waals surface area contributed by atoms with Gasteiger partial charge in [-0.15, -0.1) is 10.2 Å². The molecule has 1 fully saturated rings. The molecule has 0 aliphatic carbocycles. The van der Waals surface area contributed by atoms with Gasteiger partial charge in [-0.2, -0.15) is 4.31 Å². The first kappa shape index (κ1) is 18.7. The SMILES string of the molecule is Cc1ccc(C)c(N2CCN(S(=O)(=O)c3cc(-c4nnc(C)o4)co3)CC2)c1. The Morgan fingerprint density at radius 1 is 1.00 bits per heavy atom. The van der Waals surface area contributed by atoms with Gasteiger partial charge < -0.3 is 13.7 Å². The lowest BCUT2D eigenvalue weighted by atomic mass is 10.1. The minimum absolute atomic E-state index is 0.112. The average Bonchev–Trinajstić information content (AvgIpc) is 3.33. The molecule has 0 radical (unpaired) electrons. The Hall–Kier alpha value is -2.65. The first-order chi connectivity index (χ1) is 13.3. The third-order valence-electron chi connectivity index (χ3n) is 4.89. The highest BCUT2D eigenvalue weighted by atomic mass is 32.2. The van der Waals surface area contributed by atoms with Crippen LogP contribution in [0.4, 0.5) is 5.69 Å². The van der Waals surface area contributed by atoms with Crippen LogP contribution in [-0.4, -0.2) is 49.1 Å². The van der Waals surface area contributed by atoms with Crippen molar-refractivity contribution in [1.82, 2.24) is 14.5 Å². The highest BCUT2D eigenvalue weighted by Crippen LogP contribution is 2.28. The lowest BCUT2D eigenvalue weighted by Crippen LogP contribution is -2.48. The quantitative estimate of drug-likeness (QED) is 0.662. The zero-order valence-corrected chi connectivity index (χ0v) is 16.9. The van der Waals surface area contributed by atoms with Crippen LogP contribution in [0.2, 0.25) is 0 Å². The van der Waals surface area contributed by atoms with Gasteiger partial charge in [0.25, 0.3) is 15.9 Å². The number of hydrogen-bond donors (Lipinski definition) is 0. The summed E-state index contributed by atoms with van der Waals surface area (Å²) in [6.07, 6.45) is 1.33. The van der Waals surface area contributed by atoms with Crippen molar-refractivity contribution in [1.29, 1.82) is 0 Å². The summed E-state index contributed by atoms with van der Waals surface area (Å²) in [5.41, 5.74) is 3.99. The highest BCUT2D eigenvalue weighted by molar-refractivity contribution is 7.89. The third kappa shape index (κ3) is 3.43. The summed E-state index contributed by atoms with van der Waals surface area (Å²) in [4.78, 5) is 2.23. The molecule has 0 amide bonds. The molecule has 0 atom stereocenters. The molecule has 1 aromatic carbocycles. The van der Waals surface area contributed by atoms with Crippen LogP contribution in [0.3, 0.4) is 0 Å². The van der Waals surface area contributed by atoms with Crippen LogP contribution in [0.5, 0.6) is 0 Å². The van der Waals surface area contributed by atoms with Gasteiger partial charge in [-0.3, -0.25) is 0 Å². The number of nitrogens with zero attached hydrogens (tertiary/aromatic N) is 4. The Kier molecular flexibility index (Phi) is 4.72. The second-order valence-corrected chi connectivity index (χ2v) is 8.83. The molecule has 148 valence electrons. The van der Waals surface area contributed by atoms with Gasteiger partial charge in [-0.05, 0) is 31.0 Å². The summed E-state index contributed by atoms with van der Waals surface area (Å²) >= 11 is 0. The van der Waals surface area contributed by atoms with Crippen molar-refractivity contribution in [3.05, 3.63) is 47.5 Å². The number of aromatic nitrogens is 2. The Labute approximate surface area is 163 Å². The van der Waals surface area contributed by atoms with Gasteiger partial charge in [-0.1, -0.05) is 12.1 Å². The van der Waals surface area contributed by atoms with Gasteiger partial charge in [0.15, 0.2) is 0 Å². The van der Waals surface area contributed by atoms with E-state index in [1.165, 1.54) is 27.8 Å². The van der Waals surface area contributed by atoms with Crippen molar-refractivity contribution in [2.24, 2.45) is 0 Å². The van der Waals surface area contributed by atoms with Crippen molar-refractivity contribution in [3.8, 4) is 11.5 Å². The maximum absolute atomic E-state index is 12.9. The van der Waals surface area contributed by atoms with Crippen LogP contribution < -0.4 is 4.90 Å². The molecular formula is C19H22N4O4S. The topological polar surface area (TPSA) is 92.7 Å². The summed E-state index contributed by atoms with van der Waals surface area (Å²) in [5, 5.41) is 7.53. The van der Waals surface area contributed by atoms with E-state index < -0.39 is 10.0 Å². The van der Waals surface area contributed by atoms with Crippen molar-refractivity contribution in [3.63, 3.8) is 0 Å². The van der Waals surface area contributed by atoms with Crippen LogP contribution in [0.15, 0.2) is 44.5 Å². The predicted molar refractivity (Wildman–Crippen MR) is 104 cm³/mol. The minimum Gasteiger partial charge on any atom is -0.451 e. The highest BCUT2D eigenvalue weighted by Gasteiger charge is 2.32. The van der Waals surface area contributed by atoms with Crippen molar-refractivity contribution in [2.75, 3.05) is 31.1 Å². The third-order valence-corrected chi connectivity index (χ3v) is 6.65. The molecule has 9 heteroatoms. The standard InChI is InChI=1S/C19H22N4O4S/c1-13-4-5-14(2)17(10-13)22-6-8-23(9-7-22)28(24,25)18-11-16(12-26-18)19-21-20-15(3)27-19/h4-5,10-12H,6-9H2,1-3H3. The molecule has 0 N–H and O–H groups in total. The molecular weight excluding hydrogens is 380 g/mol. The molecule has 0 bridgehead atoms. The van der Waals surface area contributed by atoms with E-state index >= 15 is 0 Å². The zero-order chi connectivity index (χ0) is 19.9. The fraction of sp³-hybridized carbons (Fsp3) is 0.368. The van der Waals surface area contributed by atoms with Crippen molar-refractivity contribution < 1.29 is 17.3 Å². The van der Waals surface area contributed by atoms with E-state index in [-0.39, 0.29) is 11.0 Å². The van der Waals surface area contributed by atoms with Crippen molar-refractivity contribution in [2.45, 2.75) is 25.9 Å². The van der Waals surface area contributed by atoms with Crippen LogP contribution in [-0.2, 0) is 10.0 Å². The molecule has 1 saturated heterocycles. The van der Waals surface area contributed by atoms with Gasteiger partial charge in [0, 0.05) is 44.9 Å². The predicted octanol–water partition coefficient (Wildman–Crippen LogP) is 2.77. The summed E-state index contributed by atoms with van der Waals surface area (Å²) in [6.45, 7) is 7.84. The van der Waals surface area contributed by atoms with Crippen LogP contribution >= 0.6 is 0 Å². The molecule has 0 unspecified atom stereocenters. The van der Waals surface area contributed by atoms with E-state index in [4.69, 9.17) is 8.83 Å². The zero-order valence-electron chi connectivity index (χ0n) is 16.0. The number of furan rings is 1. The van der Waals surface area contributed by atoms with E-state index in [0.717, 1.165) is 5.69 Å². The number of piperazine rings is 1. The van der Waals surface area contributed by atoms with E-state index in [9.17, 15) is 8.42 Å². The normalized spacial score (nSPS) is 15.9. The number of benzene rings is 1. The Morgan fingerprint density at radius 2 is 1.75 bits per heavy atom. The summed E-state index contributed by atoms with van der Waals surface area (Å²) in [7, 11) is -3.72. The number of rotatable bonds is 4. The number of hydrogen-bond acceptors (Lipinski definition) is 7. The minimum atomic E-state index is -3.72. The molecule has 1 aliphatic heterocycles. The maximum Gasteiger partial charge on any atom is 0.276 e. The fourth-order valence-corrected chi connectivity index (χ4v) is 4.68. The first-order valence-corrected chi connectivity index (χ1v) is 10.5. The summed E-state index contributed by atoms with van der Waals surface area (Å²) in [5.74, 6) is 0.644. The van der Waals surface area contributed by atoms with Gasteiger partial charge in [0.1, 0.15) is 6.26 Å². The number of aryl methyl sites for hydroxylation is 3. The molecule has 2 aromatic heterocycles. The molecule has 1 aliphatic rings. The maximum atomic E-state index is 12.9. The summed E-state index contributed by atoms with van der Waals surface area (Å²) in [6, 6.07) is 7.75. The molecule has 28 heavy (non-hydrogen) atoms. The first-order valence-electron chi connectivity index (χ1n) is 9.06. The van der Waals surface area contributed by atoms with Crippen molar-refractivity contribution >= 4 is 15.7 Å². The Morgan fingerprint density at radius 3 is 2.43 bits per heavy atom. The second-order valence-electron chi connectivity index (χ2n) is 6.96. The average molecular weight is 402 g/mol. The molecule has 3 heterocycles. The molecule has 8 nitrogen and oxygen atoms in total. The van der Waals surface area contributed by atoms with Gasteiger partial charge in [-0.25, -0.2) is 8.42 Å². The largest absolute Gasteiger partial charge is 0.451 e.